The number of carbonyl (C=O) groups is 1. The van der Waals surface area contributed by atoms with E-state index in [1.165, 1.54) is 26.2 Å². The van der Waals surface area contributed by atoms with Crippen LogP contribution in [0.1, 0.15) is 12.5 Å². The third-order valence-corrected chi connectivity index (χ3v) is 5.55. The van der Waals surface area contributed by atoms with Gasteiger partial charge in [0.15, 0.2) is 0 Å². The zero-order valence-electron chi connectivity index (χ0n) is 14.0. The fourth-order valence-corrected chi connectivity index (χ4v) is 3.60. The Kier molecular flexibility index (Phi) is 6.21. The van der Waals surface area contributed by atoms with Gasteiger partial charge in [0.25, 0.3) is 0 Å². The Bertz CT molecular complexity index is 867. The van der Waals surface area contributed by atoms with E-state index in [2.05, 4.69) is 26.0 Å². The maximum Gasteiger partial charge on any atom is 0.242 e. The predicted octanol–water partition coefficient (Wildman–Crippen LogP) is 3.07. The number of aryl methyl sites for hydroxylation is 1. The van der Waals surface area contributed by atoms with Gasteiger partial charge in [-0.1, -0.05) is 22.0 Å². The summed E-state index contributed by atoms with van der Waals surface area (Å²) in [4.78, 5) is 12.4. The number of hydrogen-bond acceptors (Lipinski definition) is 4. The average molecular weight is 427 g/mol. The summed E-state index contributed by atoms with van der Waals surface area (Å²) in [6.45, 7) is 3.36. The molecule has 0 fully saturated rings. The fraction of sp³-hybridized carbons (Fsp3) is 0.235. The molecule has 0 aromatic heterocycles. The number of methoxy groups -OCH3 is 1. The standard InChI is InChI=1S/C17H19BrN2O4S/c1-11-4-9-16(24-3)15(10-11)19-17(21)12(2)20-25(22,23)14-7-5-13(18)6-8-14/h4-10,12,20H,1-3H3,(H,19,21)/t12-/m1/s1. The predicted molar refractivity (Wildman–Crippen MR) is 100 cm³/mol. The van der Waals surface area contributed by atoms with Crippen LogP contribution in [-0.4, -0.2) is 27.5 Å². The van der Waals surface area contributed by atoms with Gasteiger partial charge in [-0.3, -0.25) is 4.79 Å². The molecule has 1 amide bonds. The Hall–Kier alpha value is -1.90. The van der Waals surface area contributed by atoms with Crippen LogP contribution in [0.3, 0.4) is 0 Å². The zero-order valence-corrected chi connectivity index (χ0v) is 16.4. The van der Waals surface area contributed by atoms with Crippen LogP contribution in [-0.2, 0) is 14.8 Å². The van der Waals surface area contributed by atoms with Crippen LogP contribution in [0.25, 0.3) is 0 Å². The van der Waals surface area contributed by atoms with Gasteiger partial charge in [0, 0.05) is 4.47 Å². The van der Waals surface area contributed by atoms with Crippen molar-refractivity contribution < 1.29 is 17.9 Å². The van der Waals surface area contributed by atoms with E-state index < -0.39 is 22.0 Å². The number of sulfonamides is 1. The highest BCUT2D eigenvalue weighted by atomic mass is 79.9. The molecule has 2 rings (SSSR count). The SMILES string of the molecule is COc1ccc(C)cc1NC(=O)[C@@H](C)NS(=O)(=O)c1ccc(Br)cc1. The van der Waals surface area contributed by atoms with Crippen LogP contribution in [0.2, 0.25) is 0 Å². The molecule has 0 spiro atoms. The highest BCUT2D eigenvalue weighted by Crippen LogP contribution is 2.25. The third-order valence-electron chi connectivity index (χ3n) is 3.46. The van der Waals surface area contributed by atoms with Crippen molar-refractivity contribution in [3.63, 3.8) is 0 Å². The minimum absolute atomic E-state index is 0.0866. The number of anilines is 1. The summed E-state index contributed by atoms with van der Waals surface area (Å²) in [7, 11) is -2.30. The molecule has 0 aliphatic rings. The first-order valence-corrected chi connectivity index (χ1v) is 9.74. The molecular weight excluding hydrogens is 408 g/mol. The van der Waals surface area contributed by atoms with E-state index in [1.54, 1.807) is 24.3 Å². The molecule has 0 heterocycles. The Labute approximate surface area is 155 Å². The highest BCUT2D eigenvalue weighted by molar-refractivity contribution is 9.10. The van der Waals surface area contributed by atoms with Crippen molar-refractivity contribution in [1.29, 1.82) is 0 Å². The van der Waals surface area contributed by atoms with Crippen molar-refractivity contribution >= 4 is 37.5 Å². The number of hydrogen-bond donors (Lipinski definition) is 2. The zero-order chi connectivity index (χ0) is 18.6. The molecular formula is C17H19BrN2O4S. The van der Waals surface area contributed by atoms with Gasteiger partial charge >= 0.3 is 0 Å². The molecule has 25 heavy (non-hydrogen) atoms. The summed E-state index contributed by atoms with van der Waals surface area (Å²) in [5, 5.41) is 2.69. The first-order valence-electron chi connectivity index (χ1n) is 7.46. The molecule has 0 aliphatic carbocycles. The Morgan fingerprint density at radius 3 is 2.40 bits per heavy atom. The van der Waals surface area contributed by atoms with E-state index in [0.717, 1.165) is 10.0 Å². The molecule has 0 bridgehead atoms. The molecule has 8 heteroatoms. The van der Waals surface area contributed by atoms with Gasteiger partial charge in [0.1, 0.15) is 5.75 Å². The number of rotatable bonds is 6. The van der Waals surface area contributed by atoms with E-state index in [9.17, 15) is 13.2 Å². The lowest BCUT2D eigenvalue weighted by atomic mass is 10.2. The van der Waals surface area contributed by atoms with E-state index in [-0.39, 0.29) is 4.90 Å². The Morgan fingerprint density at radius 1 is 1.16 bits per heavy atom. The summed E-state index contributed by atoms with van der Waals surface area (Å²) in [6.07, 6.45) is 0. The van der Waals surface area contributed by atoms with Gasteiger partial charge in [0.2, 0.25) is 15.9 Å². The Morgan fingerprint density at radius 2 is 1.80 bits per heavy atom. The summed E-state index contributed by atoms with van der Waals surface area (Å²) < 4.78 is 33.1. The van der Waals surface area contributed by atoms with Crippen molar-refractivity contribution in [3.05, 3.63) is 52.5 Å². The molecule has 0 aliphatic heterocycles. The molecule has 2 aromatic rings. The Balaban J connectivity index is 2.12. The number of amides is 1. The fourth-order valence-electron chi connectivity index (χ4n) is 2.13. The number of halogens is 1. The summed E-state index contributed by atoms with van der Waals surface area (Å²) >= 11 is 3.25. The lowest BCUT2D eigenvalue weighted by Gasteiger charge is -2.16. The van der Waals surface area contributed by atoms with Crippen LogP contribution >= 0.6 is 15.9 Å². The monoisotopic (exact) mass is 426 g/mol. The molecule has 0 saturated carbocycles. The molecule has 0 saturated heterocycles. The van der Waals surface area contributed by atoms with Crippen LogP contribution in [0.5, 0.6) is 5.75 Å². The molecule has 6 nitrogen and oxygen atoms in total. The van der Waals surface area contributed by atoms with Gasteiger partial charge in [-0.25, -0.2) is 8.42 Å². The maximum absolute atomic E-state index is 12.4. The molecule has 2 N–H and O–H groups in total. The quantitative estimate of drug-likeness (QED) is 0.742. The molecule has 134 valence electrons. The lowest BCUT2D eigenvalue weighted by Crippen LogP contribution is -2.41. The third kappa shape index (κ3) is 5.04. The van der Waals surface area contributed by atoms with Crippen LogP contribution in [0, 0.1) is 6.92 Å². The lowest BCUT2D eigenvalue weighted by molar-refractivity contribution is -0.117. The van der Waals surface area contributed by atoms with Crippen molar-refractivity contribution in [2.24, 2.45) is 0 Å². The van der Waals surface area contributed by atoms with Gasteiger partial charge in [-0.2, -0.15) is 4.72 Å². The molecule has 1 atom stereocenters. The van der Waals surface area contributed by atoms with Gasteiger partial charge in [-0.05, 0) is 55.8 Å². The van der Waals surface area contributed by atoms with Crippen LogP contribution in [0.15, 0.2) is 51.8 Å². The van der Waals surface area contributed by atoms with E-state index in [0.29, 0.717) is 11.4 Å². The average Bonchev–Trinajstić information content (AvgIpc) is 2.55. The normalized spacial score (nSPS) is 12.5. The molecule has 2 aromatic carbocycles. The second kappa shape index (κ2) is 7.99. The van der Waals surface area contributed by atoms with Crippen LogP contribution < -0.4 is 14.8 Å². The maximum atomic E-state index is 12.4. The minimum Gasteiger partial charge on any atom is -0.495 e. The van der Waals surface area contributed by atoms with Crippen molar-refractivity contribution in [1.82, 2.24) is 4.72 Å². The van der Waals surface area contributed by atoms with E-state index in [4.69, 9.17) is 4.74 Å². The smallest absolute Gasteiger partial charge is 0.242 e. The summed E-state index contributed by atoms with van der Waals surface area (Å²) in [5.41, 5.74) is 1.43. The van der Waals surface area contributed by atoms with Gasteiger partial charge in [0.05, 0.1) is 23.7 Å². The van der Waals surface area contributed by atoms with Crippen LogP contribution in [0.4, 0.5) is 5.69 Å². The van der Waals surface area contributed by atoms with Gasteiger partial charge < -0.3 is 10.1 Å². The number of ether oxygens (including phenoxy) is 1. The second-order valence-electron chi connectivity index (χ2n) is 5.49. The minimum atomic E-state index is -3.80. The number of nitrogens with one attached hydrogen (secondary N) is 2. The highest BCUT2D eigenvalue weighted by Gasteiger charge is 2.22. The summed E-state index contributed by atoms with van der Waals surface area (Å²) in [6, 6.07) is 10.6. The summed E-state index contributed by atoms with van der Waals surface area (Å²) in [5.74, 6) is 0.0199. The van der Waals surface area contributed by atoms with Crippen molar-refractivity contribution in [3.8, 4) is 5.75 Å². The molecule has 0 radical (unpaired) electrons. The first kappa shape index (κ1) is 19.4. The second-order valence-corrected chi connectivity index (χ2v) is 8.12. The molecule has 0 unspecified atom stereocenters. The van der Waals surface area contributed by atoms with Crippen molar-refractivity contribution in [2.75, 3.05) is 12.4 Å². The van der Waals surface area contributed by atoms with Crippen molar-refractivity contribution in [2.45, 2.75) is 24.8 Å². The number of carbonyl (C=O) groups excluding carboxylic acids is 1. The van der Waals surface area contributed by atoms with Gasteiger partial charge in [-0.15, -0.1) is 0 Å². The van der Waals surface area contributed by atoms with E-state index >= 15 is 0 Å². The largest absolute Gasteiger partial charge is 0.495 e. The topological polar surface area (TPSA) is 84.5 Å². The van der Waals surface area contributed by atoms with E-state index in [1.807, 2.05) is 13.0 Å². The number of benzene rings is 2. The first-order chi connectivity index (χ1) is 11.7.